The van der Waals surface area contributed by atoms with E-state index in [-0.39, 0.29) is 23.9 Å². The highest BCUT2D eigenvalue weighted by Crippen LogP contribution is 2.36. The fraction of sp³-hybridized carbons (Fsp3) is 0.364. The van der Waals surface area contributed by atoms with E-state index in [0.29, 0.717) is 0 Å². The summed E-state index contributed by atoms with van der Waals surface area (Å²) in [4.78, 5) is 11.1. The average Bonchev–Trinajstić information content (AvgIpc) is 2.26. The van der Waals surface area contributed by atoms with Crippen molar-refractivity contribution in [1.82, 2.24) is 0 Å². The van der Waals surface area contributed by atoms with Crippen LogP contribution in [-0.4, -0.2) is 19.1 Å². The zero-order valence-corrected chi connectivity index (χ0v) is 10.2. The van der Waals surface area contributed by atoms with Crippen LogP contribution < -0.4 is 5.32 Å². The lowest BCUT2D eigenvalue weighted by Crippen LogP contribution is -2.19. The smallest absolute Gasteiger partial charge is 0.418 e. The molecule has 3 nitrogen and oxygen atoms in total. The quantitative estimate of drug-likeness (QED) is 0.860. The predicted octanol–water partition coefficient (Wildman–Crippen LogP) is 3.33. The Morgan fingerprint density at radius 3 is 2.67 bits per heavy atom. The molecule has 18 heavy (non-hydrogen) atoms. The largest absolute Gasteiger partial charge is 0.465 e. The molecule has 0 aromatic heterocycles. The van der Waals surface area contributed by atoms with E-state index in [1.807, 2.05) is 0 Å². The third kappa shape index (κ3) is 4.10. The van der Waals surface area contributed by atoms with Crippen molar-refractivity contribution in [2.45, 2.75) is 13.1 Å². The Bertz CT molecular complexity index is 435. The molecule has 0 fully saturated rings. The minimum Gasteiger partial charge on any atom is -0.465 e. The van der Waals surface area contributed by atoms with Gasteiger partial charge in [-0.1, -0.05) is 11.6 Å². The van der Waals surface area contributed by atoms with Gasteiger partial charge in [-0.25, -0.2) is 0 Å². The van der Waals surface area contributed by atoms with Gasteiger partial charge in [-0.2, -0.15) is 13.2 Å². The first kappa shape index (κ1) is 14.6. The van der Waals surface area contributed by atoms with Crippen molar-refractivity contribution < 1.29 is 22.7 Å². The molecule has 7 heteroatoms. The Labute approximate surface area is 107 Å². The van der Waals surface area contributed by atoms with Gasteiger partial charge in [-0.15, -0.1) is 0 Å². The number of hydrogen-bond acceptors (Lipinski definition) is 3. The van der Waals surface area contributed by atoms with Gasteiger partial charge in [0.25, 0.3) is 0 Å². The second-order valence-corrected chi connectivity index (χ2v) is 3.78. The number of halogens is 4. The van der Waals surface area contributed by atoms with Crippen molar-refractivity contribution in [3.8, 4) is 0 Å². The zero-order valence-electron chi connectivity index (χ0n) is 9.47. The molecule has 0 heterocycles. The van der Waals surface area contributed by atoms with E-state index in [2.05, 4.69) is 10.1 Å². The van der Waals surface area contributed by atoms with Crippen molar-refractivity contribution in [3.63, 3.8) is 0 Å². The maximum atomic E-state index is 12.7. The number of anilines is 1. The summed E-state index contributed by atoms with van der Waals surface area (Å²) in [6.45, 7) is 1.45. The SMILES string of the molecule is CCOC(=O)CNc1ccc(Cl)cc1C(F)(F)F. The van der Waals surface area contributed by atoms with Crippen LogP contribution in [0.1, 0.15) is 12.5 Å². The molecule has 0 saturated heterocycles. The number of hydrogen-bond donors (Lipinski definition) is 1. The second-order valence-electron chi connectivity index (χ2n) is 3.35. The maximum absolute atomic E-state index is 12.7. The summed E-state index contributed by atoms with van der Waals surface area (Å²) in [6, 6.07) is 3.28. The van der Waals surface area contributed by atoms with Crippen molar-refractivity contribution in [2.75, 3.05) is 18.5 Å². The summed E-state index contributed by atoms with van der Waals surface area (Å²) in [5.74, 6) is -0.624. The molecule has 0 bridgehead atoms. The Morgan fingerprint density at radius 1 is 1.44 bits per heavy atom. The number of nitrogens with one attached hydrogen (secondary N) is 1. The zero-order chi connectivity index (χ0) is 13.8. The Kier molecular flexibility index (Phi) is 4.84. The fourth-order valence-corrected chi connectivity index (χ4v) is 1.46. The van der Waals surface area contributed by atoms with E-state index in [1.165, 1.54) is 12.1 Å². The molecule has 1 N–H and O–H groups in total. The summed E-state index contributed by atoms with van der Waals surface area (Å²) in [7, 11) is 0. The summed E-state index contributed by atoms with van der Waals surface area (Å²) < 4.78 is 42.7. The fourth-order valence-electron chi connectivity index (χ4n) is 1.28. The van der Waals surface area contributed by atoms with Crippen LogP contribution in [0.4, 0.5) is 18.9 Å². The number of rotatable bonds is 4. The van der Waals surface area contributed by atoms with Gasteiger partial charge in [-0.3, -0.25) is 4.79 Å². The van der Waals surface area contributed by atoms with Gasteiger partial charge in [0.1, 0.15) is 6.54 Å². The minimum absolute atomic E-state index is 0.0241. The molecular formula is C11H11ClF3NO2. The van der Waals surface area contributed by atoms with Crippen LogP contribution in [0.2, 0.25) is 5.02 Å². The number of carbonyl (C=O) groups is 1. The molecule has 0 aliphatic rings. The summed E-state index contributed by atoms with van der Waals surface area (Å²) in [5, 5.41) is 2.35. The minimum atomic E-state index is -4.54. The predicted molar refractivity (Wildman–Crippen MR) is 61.6 cm³/mol. The van der Waals surface area contributed by atoms with Crippen molar-refractivity contribution >= 4 is 23.3 Å². The molecule has 0 spiro atoms. The second kappa shape index (κ2) is 5.95. The lowest BCUT2D eigenvalue weighted by atomic mass is 10.1. The Hall–Kier alpha value is -1.43. The highest BCUT2D eigenvalue weighted by Gasteiger charge is 2.33. The average molecular weight is 282 g/mol. The number of esters is 1. The first-order valence-corrected chi connectivity index (χ1v) is 5.48. The van der Waals surface area contributed by atoms with Crippen molar-refractivity contribution in [2.24, 2.45) is 0 Å². The van der Waals surface area contributed by atoms with Gasteiger partial charge in [0.2, 0.25) is 0 Å². The standard InChI is InChI=1S/C11H11ClF3NO2/c1-2-18-10(17)6-16-9-4-3-7(12)5-8(9)11(13,14)15/h3-5,16H,2,6H2,1H3. The molecule has 0 aliphatic carbocycles. The van der Waals surface area contributed by atoms with Gasteiger partial charge in [0, 0.05) is 10.7 Å². The van der Waals surface area contributed by atoms with Crippen molar-refractivity contribution in [1.29, 1.82) is 0 Å². The first-order valence-electron chi connectivity index (χ1n) is 5.11. The highest BCUT2D eigenvalue weighted by atomic mass is 35.5. The van der Waals surface area contributed by atoms with E-state index < -0.39 is 17.7 Å². The van der Waals surface area contributed by atoms with E-state index in [9.17, 15) is 18.0 Å². The molecule has 1 aromatic rings. The van der Waals surface area contributed by atoms with Gasteiger partial charge < -0.3 is 10.1 Å². The molecule has 0 amide bonds. The summed E-state index contributed by atoms with van der Waals surface area (Å²) in [6.07, 6.45) is -4.54. The van der Waals surface area contributed by atoms with Crippen LogP contribution in [-0.2, 0) is 15.7 Å². The lowest BCUT2D eigenvalue weighted by Gasteiger charge is -2.14. The van der Waals surface area contributed by atoms with E-state index in [1.54, 1.807) is 6.92 Å². The molecule has 100 valence electrons. The molecule has 0 radical (unpaired) electrons. The normalized spacial score (nSPS) is 11.2. The maximum Gasteiger partial charge on any atom is 0.418 e. The Balaban J connectivity index is 2.85. The molecule has 0 unspecified atom stereocenters. The number of ether oxygens (including phenoxy) is 1. The Morgan fingerprint density at radius 2 is 2.11 bits per heavy atom. The first-order chi connectivity index (χ1) is 8.34. The topological polar surface area (TPSA) is 38.3 Å². The van der Waals surface area contributed by atoms with Gasteiger partial charge in [0.15, 0.2) is 0 Å². The summed E-state index contributed by atoms with van der Waals surface area (Å²) in [5.41, 5.74) is -1.13. The molecule has 1 aromatic carbocycles. The number of carbonyl (C=O) groups excluding carboxylic acids is 1. The van der Waals surface area contributed by atoms with Crippen LogP contribution in [0.25, 0.3) is 0 Å². The van der Waals surface area contributed by atoms with E-state index in [0.717, 1.165) is 6.07 Å². The molecule has 0 aliphatic heterocycles. The van der Waals surface area contributed by atoms with Crippen LogP contribution in [0, 0.1) is 0 Å². The number of alkyl halides is 3. The van der Waals surface area contributed by atoms with Crippen LogP contribution >= 0.6 is 11.6 Å². The molecular weight excluding hydrogens is 271 g/mol. The van der Waals surface area contributed by atoms with Gasteiger partial charge >= 0.3 is 12.1 Å². The van der Waals surface area contributed by atoms with E-state index >= 15 is 0 Å². The van der Waals surface area contributed by atoms with Crippen LogP contribution in [0.15, 0.2) is 18.2 Å². The van der Waals surface area contributed by atoms with E-state index in [4.69, 9.17) is 11.6 Å². The van der Waals surface area contributed by atoms with Gasteiger partial charge in [0.05, 0.1) is 12.2 Å². The third-order valence-electron chi connectivity index (χ3n) is 2.02. The van der Waals surface area contributed by atoms with Gasteiger partial charge in [-0.05, 0) is 25.1 Å². The van der Waals surface area contributed by atoms with Crippen LogP contribution in [0.5, 0.6) is 0 Å². The third-order valence-corrected chi connectivity index (χ3v) is 2.25. The highest BCUT2D eigenvalue weighted by molar-refractivity contribution is 6.30. The van der Waals surface area contributed by atoms with Crippen LogP contribution in [0.3, 0.4) is 0 Å². The number of benzene rings is 1. The molecule has 1 rings (SSSR count). The monoisotopic (exact) mass is 281 g/mol. The lowest BCUT2D eigenvalue weighted by molar-refractivity contribution is -0.141. The molecule has 0 saturated carbocycles. The molecule has 0 atom stereocenters. The summed E-state index contributed by atoms with van der Waals surface area (Å²) >= 11 is 5.52. The van der Waals surface area contributed by atoms with Crippen molar-refractivity contribution in [3.05, 3.63) is 28.8 Å².